The number of carbonyl (C=O) groups excluding carboxylic acids is 2. The number of primary amides is 1. The molecular formula is C26H34N8O2. The van der Waals surface area contributed by atoms with Gasteiger partial charge < -0.3 is 21.7 Å². The summed E-state index contributed by atoms with van der Waals surface area (Å²) in [4.78, 5) is 27.2. The lowest BCUT2D eigenvalue weighted by Gasteiger charge is -2.37. The Morgan fingerprint density at radius 1 is 1.06 bits per heavy atom. The zero-order valence-corrected chi connectivity index (χ0v) is 20.3. The Morgan fingerprint density at radius 3 is 2.53 bits per heavy atom. The molecule has 0 saturated carbocycles. The molecule has 2 aromatic rings. The van der Waals surface area contributed by atoms with Crippen molar-refractivity contribution < 1.29 is 9.59 Å². The van der Waals surface area contributed by atoms with Crippen molar-refractivity contribution >= 4 is 23.3 Å². The van der Waals surface area contributed by atoms with Crippen LogP contribution in [0.25, 0.3) is 0 Å². The number of piperidine rings is 1. The van der Waals surface area contributed by atoms with E-state index in [0.29, 0.717) is 24.1 Å². The molecular weight excluding hydrogens is 456 g/mol. The highest BCUT2D eigenvalue weighted by molar-refractivity contribution is 5.97. The summed E-state index contributed by atoms with van der Waals surface area (Å²) in [5, 5.41) is 17.0. The topological polar surface area (TPSA) is 153 Å². The first-order valence-electron chi connectivity index (χ1n) is 12.6. The van der Waals surface area contributed by atoms with Gasteiger partial charge in [-0.2, -0.15) is 0 Å². The lowest BCUT2D eigenvalue weighted by molar-refractivity contribution is -0.123. The van der Waals surface area contributed by atoms with Crippen molar-refractivity contribution in [3.63, 3.8) is 0 Å². The maximum atomic E-state index is 13.6. The monoisotopic (exact) mass is 490 g/mol. The SMILES string of the molecule is N=C(N)c1ccc2c(c1)N(Cc1ccc(C(N)=O)cc1)C(C(=O)NC1CCCC(N3CCCN3)N1)C2. The van der Waals surface area contributed by atoms with E-state index < -0.39 is 11.9 Å². The lowest BCUT2D eigenvalue weighted by Crippen LogP contribution is -2.61. The van der Waals surface area contributed by atoms with Crippen LogP contribution in [0.3, 0.4) is 0 Å². The summed E-state index contributed by atoms with van der Waals surface area (Å²) in [6.07, 6.45) is 4.81. The zero-order chi connectivity index (χ0) is 25.2. The normalized spacial score (nSPS) is 23.9. The molecule has 3 heterocycles. The standard InChI is InChI=1S/C26H34N8O2/c27-24(28)19-10-9-18-13-21(26(36)32-22-3-1-4-23(31-22)34-12-2-11-30-34)33(20(18)14-19)15-16-5-7-17(8-6-16)25(29)35/h5-10,14,21-23,30-31H,1-4,11-13,15H2,(H3,27,28)(H2,29,35)(H,32,36). The predicted molar refractivity (Wildman–Crippen MR) is 138 cm³/mol. The third-order valence-electron chi connectivity index (χ3n) is 7.34. The van der Waals surface area contributed by atoms with Gasteiger partial charge in [0.25, 0.3) is 0 Å². The number of nitrogen functional groups attached to an aromatic ring is 1. The van der Waals surface area contributed by atoms with Crippen LogP contribution in [0.4, 0.5) is 5.69 Å². The molecule has 36 heavy (non-hydrogen) atoms. The van der Waals surface area contributed by atoms with Gasteiger partial charge in [0.1, 0.15) is 11.9 Å². The summed E-state index contributed by atoms with van der Waals surface area (Å²) in [5.74, 6) is -0.514. The lowest BCUT2D eigenvalue weighted by atomic mass is 10.1. The number of anilines is 1. The molecule has 2 saturated heterocycles. The second kappa shape index (κ2) is 10.3. The average molecular weight is 491 g/mol. The van der Waals surface area contributed by atoms with E-state index in [4.69, 9.17) is 16.9 Å². The number of carbonyl (C=O) groups is 2. The molecule has 190 valence electrons. The smallest absolute Gasteiger partial charge is 0.248 e. The highest BCUT2D eigenvalue weighted by Gasteiger charge is 2.37. The van der Waals surface area contributed by atoms with Gasteiger partial charge in [-0.25, -0.2) is 5.01 Å². The van der Waals surface area contributed by atoms with Crippen LogP contribution >= 0.6 is 0 Å². The van der Waals surface area contributed by atoms with Gasteiger partial charge in [0, 0.05) is 42.9 Å². The number of amides is 2. The number of hydrogen-bond acceptors (Lipinski definition) is 7. The summed E-state index contributed by atoms with van der Waals surface area (Å²) in [7, 11) is 0. The largest absolute Gasteiger partial charge is 0.384 e. The first kappa shape index (κ1) is 24.2. The third kappa shape index (κ3) is 5.06. The quantitative estimate of drug-likeness (QED) is 0.247. The second-order valence-electron chi connectivity index (χ2n) is 9.80. The maximum Gasteiger partial charge on any atom is 0.248 e. The number of benzene rings is 2. The average Bonchev–Trinajstić information content (AvgIpc) is 3.53. The molecule has 0 bridgehead atoms. The summed E-state index contributed by atoms with van der Waals surface area (Å²) in [6, 6.07) is 12.4. The molecule has 3 aliphatic heterocycles. The number of hydrazine groups is 1. The molecule has 0 radical (unpaired) electrons. The van der Waals surface area contributed by atoms with Gasteiger partial charge in [-0.1, -0.05) is 24.3 Å². The Balaban J connectivity index is 1.35. The van der Waals surface area contributed by atoms with Crippen LogP contribution in [0.2, 0.25) is 0 Å². The zero-order valence-electron chi connectivity index (χ0n) is 20.3. The van der Waals surface area contributed by atoms with Crippen LogP contribution < -0.4 is 32.4 Å². The Morgan fingerprint density at radius 2 is 1.83 bits per heavy atom. The fourth-order valence-corrected chi connectivity index (χ4v) is 5.42. The van der Waals surface area contributed by atoms with Gasteiger partial charge in [0.05, 0.1) is 12.3 Å². The van der Waals surface area contributed by atoms with Crippen molar-refractivity contribution in [1.82, 2.24) is 21.1 Å². The van der Waals surface area contributed by atoms with Crippen LogP contribution in [-0.4, -0.2) is 54.1 Å². The van der Waals surface area contributed by atoms with Crippen LogP contribution in [0.15, 0.2) is 42.5 Å². The molecule has 3 atom stereocenters. The van der Waals surface area contributed by atoms with E-state index in [1.165, 1.54) is 0 Å². The van der Waals surface area contributed by atoms with Crippen molar-refractivity contribution in [3.05, 3.63) is 64.7 Å². The van der Waals surface area contributed by atoms with Gasteiger partial charge in [0.2, 0.25) is 11.8 Å². The molecule has 10 heteroatoms. The molecule has 8 N–H and O–H groups in total. The van der Waals surface area contributed by atoms with Crippen LogP contribution in [0, 0.1) is 5.41 Å². The Hall–Kier alpha value is -3.47. The van der Waals surface area contributed by atoms with Gasteiger partial charge in [-0.3, -0.25) is 25.7 Å². The molecule has 0 spiro atoms. The van der Waals surface area contributed by atoms with E-state index in [-0.39, 0.29) is 24.1 Å². The molecule has 5 rings (SSSR count). The van der Waals surface area contributed by atoms with Gasteiger partial charge in [-0.05, 0) is 55.0 Å². The molecule has 3 unspecified atom stereocenters. The Kier molecular flexibility index (Phi) is 6.90. The first-order valence-corrected chi connectivity index (χ1v) is 12.6. The van der Waals surface area contributed by atoms with Crippen LogP contribution in [-0.2, 0) is 17.8 Å². The molecule has 0 aliphatic carbocycles. The Bertz CT molecular complexity index is 1150. The van der Waals surface area contributed by atoms with Crippen molar-refractivity contribution in [3.8, 4) is 0 Å². The van der Waals surface area contributed by atoms with E-state index in [2.05, 4.69) is 26.0 Å². The first-order chi connectivity index (χ1) is 17.4. The van der Waals surface area contributed by atoms with Crippen molar-refractivity contribution in [2.24, 2.45) is 11.5 Å². The van der Waals surface area contributed by atoms with Gasteiger partial charge in [0.15, 0.2) is 0 Å². The Labute approximate surface area is 210 Å². The van der Waals surface area contributed by atoms with Crippen molar-refractivity contribution in [2.45, 2.75) is 57.0 Å². The molecule has 2 amide bonds. The summed E-state index contributed by atoms with van der Waals surface area (Å²) < 4.78 is 0. The van der Waals surface area contributed by atoms with Crippen molar-refractivity contribution in [1.29, 1.82) is 5.41 Å². The summed E-state index contributed by atoms with van der Waals surface area (Å²) in [5.41, 5.74) is 18.5. The van der Waals surface area contributed by atoms with Gasteiger partial charge >= 0.3 is 0 Å². The van der Waals surface area contributed by atoms with Crippen LogP contribution in [0.1, 0.15) is 52.7 Å². The molecule has 2 aromatic carbocycles. The minimum absolute atomic E-state index is 0.00978. The number of nitrogens with zero attached hydrogens (tertiary/aromatic N) is 2. The predicted octanol–water partition coefficient (Wildman–Crippen LogP) is 0.753. The van der Waals surface area contributed by atoms with E-state index in [1.54, 1.807) is 12.1 Å². The van der Waals surface area contributed by atoms with Gasteiger partial charge in [-0.15, -0.1) is 0 Å². The van der Waals surface area contributed by atoms with Crippen LogP contribution in [0.5, 0.6) is 0 Å². The fourth-order valence-electron chi connectivity index (χ4n) is 5.42. The third-order valence-corrected chi connectivity index (χ3v) is 7.34. The molecule has 10 nitrogen and oxygen atoms in total. The summed E-state index contributed by atoms with van der Waals surface area (Å²) in [6.45, 7) is 2.48. The molecule has 3 aliphatic rings. The second-order valence-corrected chi connectivity index (χ2v) is 9.80. The fraction of sp³-hybridized carbons (Fsp3) is 0.423. The molecule has 0 aromatic heterocycles. The van der Waals surface area contributed by atoms with E-state index in [9.17, 15) is 9.59 Å². The highest BCUT2D eigenvalue weighted by atomic mass is 16.2. The number of rotatable bonds is 7. The minimum Gasteiger partial charge on any atom is -0.384 e. The molecule has 2 fully saturated rings. The van der Waals surface area contributed by atoms with E-state index >= 15 is 0 Å². The minimum atomic E-state index is -0.473. The highest BCUT2D eigenvalue weighted by Crippen LogP contribution is 2.35. The van der Waals surface area contributed by atoms with E-state index in [0.717, 1.165) is 55.6 Å². The number of nitrogens with two attached hydrogens (primary N) is 2. The number of hydrogen-bond donors (Lipinski definition) is 6. The number of nitrogens with one attached hydrogen (secondary N) is 4. The maximum absolute atomic E-state index is 13.6. The van der Waals surface area contributed by atoms with Crippen molar-refractivity contribution in [2.75, 3.05) is 18.0 Å². The summed E-state index contributed by atoms with van der Waals surface area (Å²) >= 11 is 0. The van der Waals surface area contributed by atoms with E-state index in [1.807, 2.05) is 30.3 Å². The number of fused-ring (bicyclic) bond motifs is 1. The number of amidine groups is 1.